The standard InChI is InChI=1S/C25H32N2O5/c1-25(2,3)32-23(29)21(26-24(30)31-17-18-9-7-6-8-10-18)15-16-22(28)19-11-13-20(14-12-19)27(4)5/h6-14,21H,15-17H2,1-5H3,(H,26,30). The molecule has 1 N–H and O–H groups in total. The Balaban J connectivity index is 1.99. The van der Waals surface area contributed by atoms with Gasteiger partial charge < -0.3 is 19.7 Å². The second kappa shape index (κ2) is 11.3. The maximum Gasteiger partial charge on any atom is 0.408 e. The largest absolute Gasteiger partial charge is 0.458 e. The fraction of sp³-hybridized carbons (Fsp3) is 0.400. The van der Waals surface area contributed by atoms with E-state index in [0.29, 0.717) is 5.56 Å². The van der Waals surface area contributed by atoms with Crippen molar-refractivity contribution in [2.24, 2.45) is 0 Å². The second-order valence-corrected chi connectivity index (χ2v) is 8.70. The van der Waals surface area contributed by atoms with Crippen molar-refractivity contribution in [3.8, 4) is 0 Å². The smallest absolute Gasteiger partial charge is 0.408 e. The van der Waals surface area contributed by atoms with E-state index in [4.69, 9.17) is 9.47 Å². The van der Waals surface area contributed by atoms with E-state index in [1.165, 1.54) is 0 Å². The van der Waals surface area contributed by atoms with Crippen LogP contribution in [0.25, 0.3) is 0 Å². The van der Waals surface area contributed by atoms with Crippen LogP contribution >= 0.6 is 0 Å². The van der Waals surface area contributed by atoms with E-state index in [2.05, 4.69) is 5.32 Å². The van der Waals surface area contributed by atoms with Crippen molar-refractivity contribution >= 4 is 23.5 Å². The Bertz CT molecular complexity index is 902. The maximum atomic E-state index is 12.6. The minimum Gasteiger partial charge on any atom is -0.458 e. The van der Waals surface area contributed by atoms with Gasteiger partial charge in [-0.3, -0.25) is 4.79 Å². The molecule has 0 spiro atoms. The molecule has 7 heteroatoms. The zero-order valence-corrected chi connectivity index (χ0v) is 19.4. The van der Waals surface area contributed by atoms with Gasteiger partial charge in [-0.2, -0.15) is 0 Å². The summed E-state index contributed by atoms with van der Waals surface area (Å²) in [6.07, 6.45) is -0.569. The summed E-state index contributed by atoms with van der Waals surface area (Å²) in [7, 11) is 3.84. The molecule has 1 atom stereocenters. The fourth-order valence-electron chi connectivity index (χ4n) is 2.89. The predicted octanol–water partition coefficient (Wildman–Crippen LogP) is 4.35. The molecule has 0 saturated carbocycles. The molecule has 0 fully saturated rings. The quantitative estimate of drug-likeness (QED) is 0.461. The van der Waals surface area contributed by atoms with Gasteiger partial charge in [0.05, 0.1) is 0 Å². The second-order valence-electron chi connectivity index (χ2n) is 8.70. The normalized spacial score (nSPS) is 11.9. The van der Waals surface area contributed by atoms with Gasteiger partial charge in [-0.05, 0) is 57.0 Å². The van der Waals surface area contributed by atoms with Crippen LogP contribution in [0.5, 0.6) is 0 Å². The minimum absolute atomic E-state index is 0.0736. The van der Waals surface area contributed by atoms with Crippen molar-refractivity contribution in [2.75, 3.05) is 19.0 Å². The highest BCUT2D eigenvalue weighted by Gasteiger charge is 2.28. The van der Waals surface area contributed by atoms with Crippen molar-refractivity contribution in [3.63, 3.8) is 0 Å². The molecule has 1 unspecified atom stereocenters. The number of hydrogen-bond donors (Lipinski definition) is 1. The van der Waals surface area contributed by atoms with Gasteiger partial charge >= 0.3 is 12.1 Å². The third kappa shape index (κ3) is 8.41. The van der Waals surface area contributed by atoms with Crippen LogP contribution < -0.4 is 10.2 Å². The number of anilines is 1. The first-order valence-corrected chi connectivity index (χ1v) is 10.6. The molecule has 0 aliphatic heterocycles. The molecule has 0 aliphatic rings. The number of nitrogens with zero attached hydrogens (tertiary/aromatic N) is 1. The third-order valence-corrected chi connectivity index (χ3v) is 4.56. The van der Waals surface area contributed by atoms with Crippen molar-refractivity contribution in [1.82, 2.24) is 5.32 Å². The number of ketones is 1. The van der Waals surface area contributed by atoms with Crippen LogP contribution in [0.1, 0.15) is 49.5 Å². The molecule has 1 amide bonds. The van der Waals surface area contributed by atoms with Crippen LogP contribution in [-0.4, -0.2) is 43.6 Å². The fourth-order valence-corrected chi connectivity index (χ4v) is 2.89. The summed E-state index contributed by atoms with van der Waals surface area (Å²) < 4.78 is 10.6. The molecule has 32 heavy (non-hydrogen) atoms. The summed E-state index contributed by atoms with van der Waals surface area (Å²) >= 11 is 0. The number of benzene rings is 2. The molecule has 0 heterocycles. The van der Waals surface area contributed by atoms with E-state index in [1.54, 1.807) is 32.9 Å². The number of nitrogens with one attached hydrogen (secondary N) is 1. The number of carbonyl (C=O) groups is 3. The summed E-state index contributed by atoms with van der Waals surface area (Å²) in [4.78, 5) is 39.5. The van der Waals surface area contributed by atoms with Gasteiger partial charge in [0.1, 0.15) is 18.2 Å². The Hall–Kier alpha value is -3.35. The minimum atomic E-state index is -0.998. The third-order valence-electron chi connectivity index (χ3n) is 4.56. The first-order chi connectivity index (χ1) is 15.0. The van der Waals surface area contributed by atoms with Crippen molar-refractivity contribution in [3.05, 3.63) is 65.7 Å². The maximum absolute atomic E-state index is 12.6. The van der Waals surface area contributed by atoms with Crippen LogP contribution in [0.2, 0.25) is 0 Å². The zero-order chi connectivity index (χ0) is 23.7. The lowest BCUT2D eigenvalue weighted by Crippen LogP contribution is -2.44. The lowest BCUT2D eigenvalue weighted by molar-refractivity contribution is -0.157. The number of alkyl carbamates (subject to hydrolysis) is 1. The monoisotopic (exact) mass is 440 g/mol. The van der Waals surface area contributed by atoms with Gasteiger partial charge in [-0.1, -0.05) is 30.3 Å². The average molecular weight is 441 g/mol. The first kappa shape index (κ1) is 24.9. The Morgan fingerprint density at radius 1 is 0.969 bits per heavy atom. The summed E-state index contributed by atoms with van der Waals surface area (Å²) in [6.45, 7) is 5.30. The topological polar surface area (TPSA) is 84.9 Å². The van der Waals surface area contributed by atoms with Crippen LogP contribution in [0, 0.1) is 0 Å². The van der Waals surface area contributed by atoms with E-state index < -0.39 is 23.7 Å². The van der Waals surface area contributed by atoms with Gasteiger partial charge in [-0.15, -0.1) is 0 Å². The first-order valence-electron chi connectivity index (χ1n) is 10.6. The summed E-state index contributed by atoms with van der Waals surface area (Å²) in [6, 6.07) is 15.4. The number of rotatable bonds is 9. The molecule has 0 aromatic heterocycles. The van der Waals surface area contributed by atoms with E-state index in [1.807, 2.05) is 61.5 Å². The van der Waals surface area contributed by atoms with Gasteiger partial charge in [0, 0.05) is 31.8 Å². The molecule has 0 aliphatic carbocycles. The zero-order valence-electron chi connectivity index (χ0n) is 19.4. The van der Waals surface area contributed by atoms with E-state index in [9.17, 15) is 14.4 Å². The van der Waals surface area contributed by atoms with E-state index in [0.717, 1.165) is 11.3 Å². The molecule has 2 aromatic rings. The molecular weight excluding hydrogens is 408 g/mol. The molecule has 0 bridgehead atoms. The lowest BCUT2D eigenvalue weighted by atomic mass is 10.0. The van der Waals surface area contributed by atoms with Crippen LogP contribution in [0.3, 0.4) is 0 Å². The highest BCUT2D eigenvalue weighted by molar-refractivity contribution is 5.96. The Morgan fingerprint density at radius 2 is 1.59 bits per heavy atom. The van der Waals surface area contributed by atoms with Gasteiger partial charge in [0.2, 0.25) is 0 Å². The molecule has 7 nitrogen and oxygen atoms in total. The number of ether oxygens (including phenoxy) is 2. The van der Waals surface area contributed by atoms with Crippen molar-refractivity contribution in [2.45, 2.75) is 51.9 Å². The number of esters is 1. The van der Waals surface area contributed by atoms with Gasteiger partial charge in [-0.25, -0.2) is 9.59 Å². The van der Waals surface area contributed by atoms with Crippen LogP contribution in [-0.2, 0) is 20.9 Å². The van der Waals surface area contributed by atoms with Crippen molar-refractivity contribution < 1.29 is 23.9 Å². The van der Waals surface area contributed by atoms with E-state index in [-0.39, 0.29) is 25.2 Å². The highest BCUT2D eigenvalue weighted by atomic mass is 16.6. The summed E-state index contributed by atoms with van der Waals surface area (Å²) in [5.74, 6) is -0.728. The Kier molecular flexibility index (Phi) is 8.81. The van der Waals surface area contributed by atoms with Crippen LogP contribution in [0.4, 0.5) is 10.5 Å². The molecule has 172 valence electrons. The average Bonchev–Trinajstić information content (AvgIpc) is 2.74. The number of amides is 1. The van der Waals surface area contributed by atoms with Crippen molar-refractivity contribution in [1.29, 1.82) is 0 Å². The van der Waals surface area contributed by atoms with Crippen LogP contribution in [0.15, 0.2) is 54.6 Å². The highest BCUT2D eigenvalue weighted by Crippen LogP contribution is 2.16. The molecule has 0 saturated heterocycles. The van der Waals surface area contributed by atoms with E-state index >= 15 is 0 Å². The Labute approximate surface area is 189 Å². The van der Waals surface area contributed by atoms with Gasteiger partial charge in [0.25, 0.3) is 0 Å². The van der Waals surface area contributed by atoms with Gasteiger partial charge in [0.15, 0.2) is 5.78 Å². The number of hydrogen-bond acceptors (Lipinski definition) is 6. The Morgan fingerprint density at radius 3 is 2.16 bits per heavy atom. The predicted molar refractivity (Wildman–Crippen MR) is 124 cm³/mol. The molecular formula is C25H32N2O5. The summed E-state index contributed by atoms with van der Waals surface area (Å²) in [5.41, 5.74) is 1.63. The number of carbonyl (C=O) groups excluding carboxylic acids is 3. The summed E-state index contributed by atoms with van der Waals surface area (Å²) in [5, 5.41) is 2.55. The molecule has 0 radical (unpaired) electrons. The molecule has 2 aromatic carbocycles. The SMILES string of the molecule is CN(C)c1ccc(C(=O)CCC(NC(=O)OCc2ccccc2)C(=O)OC(C)(C)C)cc1. The number of Topliss-reactive ketones (excluding diaryl/α,β-unsaturated/α-hetero) is 1. The molecule has 2 rings (SSSR count). The lowest BCUT2D eigenvalue weighted by Gasteiger charge is -2.24.